The van der Waals surface area contributed by atoms with Crippen molar-refractivity contribution in [2.75, 3.05) is 6.54 Å². The van der Waals surface area contributed by atoms with Crippen LogP contribution in [0.2, 0.25) is 0 Å². The standard InChI is InChI=1S/C9H17N5/c1-3-8(4-2)5-9(8,6-10)7-11-13-14-12-7/h3-6,10H2,1-2H3,(H,11,12,13,14). The largest absolute Gasteiger partial charge is 0.329 e. The van der Waals surface area contributed by atoms with E-state index < -0.39 is 0 Å². The van der Waals surface area contributed by atoms with Crippen molar-refractivity contribution in [2.24, 2.45) is 11.1 Å². The van der Waals surface area contributed by atoms with Crippen LogP contribution in [0.5, 0.6) is 0 Å². The minimum absolute atomic E-state index is 0.0139. The van der Waals surface area contributed by atoms with E-state index in [2.05, 4.69) is 34.5 Å². The SMILES string of the molecule is CCC1(CC)CC1(CN)c1nnn[nH]1. The van der Waals surface area contributed by atoms with Crippen LogP contribution in [0.3, 0.4) is 0 Å². The molecule has 2 rings (SSSR count). The first-order valence-corrected chi connectivity index (χ1v) is 5.19. The lowest BCUT2D eigenvalue weighted by molar-refractivity contribution is 0.379. The van der Waals surface area contributed by atoms with E-state index in [4.69, 9.17) is 5.73 Å². The molecule has 0 radical (unpaired) electrons. The van der Waals surface area contributed by atoms with Crippen LogP contribution in [-0.2, 0) is 5.41 Å². The van der Waals surface area contributed by atoms with Gasteiger partial charge >= 0.3 is 0 Å². The van der Waals surface area contributed by atoms with Gasteiger partial charge in [0.25, 0.3) is 0 Å². The lowest BCUT2D eigenvalue weighted by Crippen LogP contribution is -2.28. The highest BCUT2D eigenvalue weighted by Gasteiger charge is 2.66. The minimum atomic E-state index is 0.0139. The first-order valence-electron chi connectivity index (χ1n) is 5.19. The molecule has 0 spiro atoms. The first kappa shape index (κ1) is 9.58. The average molecular weight is 195 g/mol. The van der Waals surface area contributed by atoms with Gasteiger partial charge in [-0.05, 0) is 35.1 Å². The van der Waals surface area contributed by atoms with Crippen LogP contribution in [0.25, 0.3) is 0 Å². The van der Waals surface area contributed by atoms with Gasteiger partial charge in [-0.25, -0.2) is 5.10 Å². The Morgan fingerprint density at radius 3 is 2.50 bits per heavy atom. The quantitative estimate of drug-likeness (QED) is 0.737. The minimum Gasteiger partial charge on any atom is -0.329 e. The summed E-state index contributed by atoms with van der Waals surface area (Å²) in [5.74, 6) is 0.865. The van der Waals surface area contributed by atoms with Gasteiger partial charge in [-0.2, -0.15) is 0 Å². The van der Waals surface area contributed by atoms with Gasteiger partial charge in [-0.1, -0.05) is 13.8 Å². The van der Waals surface area contributed by atoms with Crippen molar-refractivity contribution >= 4 is 0 Å². The number of hydrogen-bond acceptors (Lipinski definition) is 4. The second-order valence-corrected chi connectivity index (χ2v) is 4.20. The summed E-state index contributed by atoms with van der Waals surface area (Å²) in [6, 6.07) is 0. The Hall–Kier alpha value is -0.970. The van der Waals surface area contributed by atoms with E-state index in [1.54, 1.807) is 0 Å². The monoisotopic (exact) mass is 195 g/mol. The van der Waals surface area contributed by atoms with E-state index in [1.807, 2.05) is 0 Å². The van der Waals surface area contributed by atoms with Gasteiger partial charge in [0, 0.05) is 6.54 Å². The summed E-state index contributed by atoms with van der Waals surface area (Å²) in [5.41, 5.74) is 6.21. The van der Waals surface area contributed by atoms with E-state index in [0.29, 0.717) is 12.0 Å². The highest BCUT2D eigenvalue weighted by atomic mass is 15.5. The molecule has 1 aliphatic rings. The zero-order valence-electron chi connectivity index (χ0n) is 8.75. The summed E-state index contributed by atoms with van der Waals surface area (Å²) in [6.45, 7) is 5.06. The zero-order chi connectivity index (χ0) is 10.2. The maximum atomic E-state index is 5.87. The number of nitrogens with zero attached hydrogens (tertiary/aromatic N) is 3. The van der Waals surface area contributed by atoms with E-state index in [1.165, 1.54) is 0 Å². The molecule has 1 aromatic rings. The summed E-state index contributed by atoms with van der Waals surface area (Å²) < 4.78 is 0. The summed E-state index contributed by atoms with van der Waals surface area (Å²) in [4.78, 5) is 0. The summed E-state index contributed by atoms with van der Waals surface area (Å²) in [7, 11) is 0. The molecule has 1 aliphatic carbocycles. The van der Waals surface area contributed by atoms with Gasteiger partial charge in [0.1, 0.15) is 0 Å². The Kier molecular flexibility index (Phi) is 2.06. The predicted octanol–water partition coefficient (Wildman–Crippen LogP) is 0.606. The first-order chi connectivity index (χ1) is 6.74. The predicted molar refractivity (Wildman–Crippen MR) is 52.5 cm³/mol. The molecule has 1 atom stereocenters. The summed E-state index contributed by atoms with van der Waals surface area (Å²) in [6.07, 6.45) is 3.39. The fourth-order valence-corrected chi connectivity index (χ4v) is 2.79. The van der Waals surface area contributed by atoms with Crippen LogP contribution in [0.4, 0.5) is 0 Å². The Balaban J connectivity index is 2.32. The molecule has 0 bridgehead atoms. The van der Waals surface area contributed by atoms with Crippen LogP contribution in [0, 0.1) is 5.41 Å². The number of tetrazole rings is 1. The highest BCUT2D eigenvalue weighted by molar-refractivity contribution is 5.29. The molecule has 1 heterocycles. The fraction of sp³-hybridized carbons (Fsp3) is 0.889. The van der Waals surface area contributed by atoms with Crippen molar-refractivity contribution in [1.29, 1.82) is 0 Å². The van der Waals surface area contributed by atoms with Gasteiger partial charge < -0.3 is 5.73 Å². The molecule has 1 saturated carbocycles. The number of rotatable bonds is 4. The maximum Gasteiger partial charge on any atom is 0.156 e. The number of nitrogens with one attached hydrogen (secondary N) is 1. The molecule has 0 aliphatic heterocycles. The number of H-pyrrole nitrogens is 1. The van der Waals surface area contributed by atoms with E-state index in [0.717, 1.165) is 25.1 Å². The Labute approximate surface area is 83.5 Å². The van der Waals surface area contributed by atoms with Crippen LogP contribution in [-0.4, -0.2) is 27.2 Å². The molecule has 3 N–H and O–H groups in total. The normalized spacial score (nSPS) is 29.1. The average Bonchev–Trinajstić information content (AvgIpc) is 2.62. The molecule has 5 nitrogen and oxygen atoms in total. The smallest absolute Gasteiger partial charge is 0.156 e. The third kappa shape index (κ3) is 0.958. The fourth-order valence-electron chi connectivity index (χ4n) is 2.79. The van der Waals surface area contributed by atoms with Gasteiger partial charge in [-0.3, -0.25) is 0 Å². The molecule has 14 heavy (non-hydrogen) atoms. The van der Waals surface area contributed by atoms with Crippen LogP contribution in [0.15, 0.2) is 0 Å². The molecule has 78 valence electrons. The lowest BCUT2D eigenvalue weighted by Gasteiger charge is -2.19. The van der Waals surface area contributed by atoms with Gasteiger partial charge in [0.05, 0.1) is 5.41 Å². The number of nitrogens with two attached hydrogens (primary N) is 1. The van der Waals surface area contributed by atoms with Crippen LogP contribution in [0.1, 0.15) is 38.9 Å². The molecule has 0 aromatic carbocycles. The van der Waals surface area contributed by atoms with E-state index in [-0.39, 0.29) is 5.41 Å². The van der Waals surface area contributed by atoms with Gasteiger partial charge in [-0.15, -0.1) is 5.10 Å². The van der Waals surface area contributed by atoms with Crippen molar-refractivity contribution in [3.63, 3.8) is 0 Å². The maximum absolute atomic E-state index is 5.87. The Morgan fingerprint density at radius 1 is 1.43 bits per heavy atom. The third-order valence-corrected chi connectivity index (χ3v) is 4.03. The second-order valence-electron chi connectivity index (χ2n) is 4.20. The lowest BCUT2D eigenvalue weighted by atomic mass is 9.87. The second kappa shape index (κ2) is 3.02. The van der Waals surface area contributed by atoms with Gasteiger partial charge in [0.15, 0.2) is 5.82 Å². The van der Waals surface area contributed by atoms with E-state index in [9.17, 15) is 0 Å². The third-order valence-electron chi connectivity index (χ3n) is 4.03. The van der Waals surface area contributed by atoms with Crippen molar-refractivity contribution < 1.29 is 0 Å². The number of aromatic amines is 1. The highest BCUT2D eigenvalue weighted by Crippen LogP contribution is 2.67. The van der Waals surface area contributed by atoms with Crippen LogP contribution < -0.4 is 5.73 Å². The van der Waals surface area contributed by atoms with Crippen molar-refractivity contribution in [2.45, 2.75) is 38.5 Å². The Bertz CT molecular complexity index is 303. The van der Waals surface area contributed by atoms with E-state index >= 15 is 0 Å². The summed E-state index contributed by atoms with van der Waals surface area (Å²) in [5, 5.41) is 14.1. The molecular weight excluding hydrogens is 178 g/mol. The number of hydrogen-bond donors (Lipinski definition) is 2. The zero-order valence-corrected chi connectivity index (χ0v) is 8.75. The van der Waals surface area contributed by atoms with Crippen molar-refractivity contribution in [3.05, 3.63) is 5.82 Å². The molecular formula is C9H17N5. The number of aromatic nitrogens is 4. The van der Waals surface area contributed by atoms with Crippen LogP contribution >= 0.6 is 0 Å². The van der Waals surface area contributed by atoms with Crippen molar-refractivity contribution in [1.82, 2.24) is 20.6 Å². The topological polar surface area (TPSA) is 80.5 Å². The molecule has 1 unspecified atom stereocenters. The van der Waals surface area contributed by atoms with Crippen molar-refractivity contribution in [3.8, 4) is 0 Å². The molecule has 0 amide bonds. The molecule has 1 aromatic heterocycles. The van der Waals surface area contributed by atoms with Gasteiger partial charge in [0.2, 0.25) is 0 Å². The molecule has 5 heteroatoms. The molecule has 1 fully saturated rings. The Morgan fingerprint density at radius 2 is 2.14 bits per heavy atom. The summed E-state index contributed by atoms with van der Waals surface area (Å²) >= 11 is 0. The molecule has 0 saturated heterocycles.